The van der Waals surface area contributed by atoms with E-state index in [1.807, 2.05) is 66.9 Å². The fourth-order valence-corrected chi connectivity index (χ4v) is 5.19. The molecule has 1 atom stereocenters. The van der Waals surface area contributed by atoms with Crippen LogP contribution in [0, 0.1) is 0 Å². The number of thioether (sulfide) groups is 1. The van der Waals surface area contributed by atoms with E-state index >= 15 is 0 Å². The first-order valence-electron chi connectivity index (χ1n) is 11.6. The largest absolute Gasteiger partial charge is 0.325 e. The van der Waals surface area contributed by atoms with Gasteiger partial charge >= 0.3 is 0 Å². The van der Waals surface area contributed by atoms with Crippen LogP contribution < -0.4 is 16.0 Å². The third-order valence-electron chi connectivity index (χ3n) is 5.24. The summed E-state index contributed by atoms with van der Waals surface area (Å²) in [6.07, 6.45) is 1.65. The van der Waals surface area contributed by atoms with E-state index in [9.17, 15) is 14.4 Å². The third kappa shape index (κ3) is 7.92. The highest BCUT2D eigenvalue weighted by Gasteiger charge is 2.17. The molecule has 38 heavy (non-hydrogen) atoms. The second-order valence-electron chi connectivity index (χ2n) is 8.13. The number of carbonyl (C=O) groups excluding carboxylic acids is 3. The van der Waals surface area contributed by atoms with Crippen LogP contribution in [0.4, 0.5) is 11.4 Å². The first kappa shape index (κ1) is 27.4. The van der Waals surface area contributed by atoms with Crippen molar-refractivity contribution in [2.45, 2.75) is 17.1 Å². The van der Waals surface area contributed by atoms with Gasteiger partial charge in [-0.25, -0.2) is 0 Å². The lowest BCUT2D eigenvalue weighted by Gasteiger charge is -2.14. The van der Waals surface area contributed by atoms with Gasteiger partial charge in [0.1, 0.15) is 5.70 Å². The number of hydrogen-bond donors (Lipinski definition) is 3. The summed E-state index contributed by atoms with van der Waals surface area (Å²) in [6.45, 7) is 1.82. The van der Waals surface area contributed by atoms with Gasteiger partial charge in [-0.3, -0.25) is 14.4 Å². The molecule has 3 amide bonds. The minimum absolute atomic E-state index is 0.126. The van der Waals surface area contributed by atoms with E-state index in [-0.39, 0.29) is 22.8 Å². The molecule has 0 bridgehead atoms. The summed E-state index contributed by atoms with van der Waals surface area (Å²) in [4.78, 5) is 40.3. The Labute approximate surface area is 237 Å². The van der Waals surface area contributed by atoms with Crippen LogP contribution in [0.5, 0.6) is 0 Å². The molecular weight excluding hydrogens is 582 g/mol. The molecule has 6 nitrogen and oxygen atoms in total. The number of halogens is 1. The lowest BCUT2D eigenvalue weighted by Crippen LogP contribution is -2.30. The summed E-state index contributed by atoms with van der Waals surface area (Å²) < 4.78 is 0.935. The molecule has 3 aromatic carbocycles. The van der Waals surface area contributed by atoms with Crippen molar-refractivity contribution in [1.29, 1.82) is 0 Å². The van der Waals surface area contributed by atoms with Crippen molar-refractivity contribution in [3.05, 3.63) is 117 Å². The smallest absolute Gasteiger partial charge is 0.272 e. The lowest BCUT2D eigenvalue weighted by molar-refractivity contribution is -0.115. The predicted molar refractivity (Wildman–Crippen MR) is 159 cm³/mol. The van der Waals surface area contributed by atoms with E-state index in [1.54, 1.807) is 42.5 Å². The summed E-state index contributed by atoms with van der Waals surface area (Å²) >= 11 is 6.22. The van der Waals surface area contributed by atoms with Crippen molar-refractivity contribution in [3.63, 3.8) is 0 Å². The molecular formula is C29H24BrN3O3S2. The maximum Gasteiger partial charge on any atom is 0.272 e. The first-order chi connectivity index (χ1) is 18.4. The molecule has 0 saturated carbocycles. The highest BCUT2D eigenvalue weighted by atomic mass is 79.9. The van der Waals surface area contributed by atoms with Crippen molar-refractivity contribution < 1.29 is 14.4 Å². The molecule has 0 fully saturated rings. The van der Waals surface area contributed by atoms with Gasteiger partial charge in [-0.05, 0) is 79.0 Å². The Balaban J connectivity index is 1.44. The summed E-state index contributed by atoms with van der Waals surface area (Å²) in [5.41, 5.74) is 1.84. The maximum absolute atomic E-state index is 13.2. The quantitative estimate of drug-likeness (QED) is 0.141. The van der Waals surface area contributed by atoms with Crippen LogP contribution >= 0.6 is 39.0 Å². The van der Waals surface area contributed by atoms with Crippen LogP contribution in [0.15, 0.2) is 111 Å². The van der Waals surface area contributed by atoms with Gasteiger partial charge < -0.3 is 16.0 Å². The van der Waals surface area contributed by atoms with Gasteiger partial charge in [0.05, 0.1) is 5.25 Å². The molecule has 4 rings (SSSR count). The van der Waals surface area contributed by atoms with Crippen molar-refractivity contribution in [3.8, 4) is 0 Å². The molecule has 0 aliphatic carbocycles. The Kier molecular flexibility index (Phi) is 9.53. The van der Waals surface area contributed by atoms with Crippen LogP contribution in [0.3, 0.4) is 0 Å². The van der Waals surface area contributed by atoms with Gasteiger partial charge in [-0.15, -0.1) is 23.1 Å². The molecule has 0 aliphatic heterocycles. The van der Waals surface area contributed by atoms with Crippen molar-refractivity contribution in [2.24, 2.45) is 0 Å². The lowest BCUT2D eigenvalue weighted by atomic mass is 10.2. The number of amides is 3. The van der Waals surface area contributed by atoms with Crippen LogP contribution in [-0.2, 0) is 9.59 Å². The monoisotopic (exact) mass is 605 g/mol. The average molecular weight is 607 g/mol. The van der Waals surface area contributed by atoms with Gasteiger partial charge in [0.15, 0.2) is 0 Å². The topological polar surface area (TPSA) is 87.3 Å². The first-order valence-corrected chi connectivity index (χ1v) is 14.2. The Morgan fingerprint density at radius 1 is 0.868 bits per heavy atom. The molecule has 0 spiro atoms. The normalized spacial score (nSPS) is 11.9. The van der Waals surface area contributed by atoms with Gasteiger partial charge in [0.2, 0.25) is 5.91 Å². The van der Waals surface area contributed by atoms with Crippen LogP contribution in [0.1, 0.15) is 22.2 Å². The standard InChI is InChI=1S/C29H24BrN3O3S2/c1-19(27(34)31-22-14-12-21(30)13-15-22)38-25-10-5-9-23(17-25)32-29(36)26(18-24-11-6-16-37-24)33-28(35)20-7-3-2-4-8-20/h2-19H,1H3,(H,31,34)(H,32,36)(H,33,35)/b26-18-. The molecule has 1 unspecified atom stereocenters. The molecule has 192 valence electrons. The highest BCUT2D eigenvalue weighted by molar-refractivity contribution is 9.10. The molecule has 3 N–H and O–H groups in total. The number of rotatable bonds is 9. The van der Waals surface area contributed by atoms with Crippen molar-refractivity contribution >= 4 is 74.2 Å². The minimum Gasteiger partial charge on any atom is -0.325 e. The number of carbonyl (C=O) groups is 3. The van der Waals surface area contributed by atoms with Gasteiger partial charge in [0.25, 0.3) is 11.8 Å². The zero-order chi connectivity index (χ0) is 26.9. The Bertz CT molecular complexity index is 1440. The second-order valence-corrected chi connectivity index (χ2v) is 11.4. The van der Waals surface area contributed by atoms with E-state index in [1.165, 1.54) is 23.1 Å². The summed E-state index contributed by atoms with van der Waals surface area (Å²) in [6, 6.07) is 27.1. The molecule has 1 heterocycles. The molecule has 4 aromatic rings. The van der Waals surface area contributed by atoms with Gasteiger partial charge in [-0.1, -0.05) is 46.3 Å². The van der Waals surface area contributed by atoms with Gasteiger partial charge in [-0.2, -0.15) is 0 Å². The number of hydrogen-bond acceptors (Lipinski definition) is 5. The van der Waals surface area contributed by atoms with Crippen molar-refractivity contribution in [2.75, 3.05) is 10.6 Å². The molecule has 0 saturated heterocycles. The van der Waals surface area contributed by atoms with Gasteiger partial charge in [0, 0.05) is 31.2 Å². The van der Waals surface area contributed by atoms with Crippen molar-refractivity contribution in [1.82, 2.24) is 5.32 Å². The fraction of sp³-hybridized carbons (Fsp3) is 0.0690. The van der Waals surface area contributed by atoms with E-state index in [0.29, 0.717) is 16.9 Å². The Morgan fingerprint density at radius 3 is 2.34 bits per heavy atom. The third-order valence-corrected chi connectivity index (χ3v) is 7.69. The maximum atomic E-state index is 13.2. The Hall–Kier alpha value is -3.66. The summed E-state index contributed by atoms with van der Waals surface area (Å²) in [5.74, 6) is -0.958. The number of thiophene rings is 1. The fourth-order valence-electron chi connectivity index (χ4n) is 3.34. The molecule has 0 radical (unpaired) electrons. The highest BCUT2D eigenvalue weighted by Crippen LogP contribution is 2.27. The Morgan fingerprint density at radius 2 is 1.63 bits per heavy atom. The predicted octanol–water partition coefficient (Wildman–Crippen LogP) is 7.04. The zero-order valence-electron chi connectivity index (χ0n) is 20.3. The molecule has 1 aromatic heterocycles. The molecule has 9 heteroatoms. The average Bonchev–Trinajstić information content (AvgIpc) is 3.43. The minimum atomic E-state index is -0.453. The molecule has 0 aliphatic rings. The summed E-state index contributed by atoms with van der Waals surface area (Å²) in [7, 11) is 0. The zero-order valence-corrected chi connectivity index (χ0v) is 23.5. The number of anilines is 2. The number of benzene rings is 3. The van der Waals surface area contributed by atoms with E-state index in [2.05, 4.69) is 31.9 Å². The van der Waals surface area contributed by atoms with E-state index in [0.717, 1.165) is 14.2 Å². The second kappa shape index (κ2) is 13.2. The SMILES string of the molecule is CC(Sc1cccc(NC(=O)/C(=C/c2cccs2)NC(=O)c2ccccc2)c1)C(=O)Nc1ccc(Br)cc1. The summed E-state index contributed by atoms with van der Waals surface area (Å²) in [5, 5.41) is 10.0. The number of nitrogens with one attached hydrogen (secondary N) is 3. The van der Waals surface area contributed by atoms with Crippen LogP contribution in [-0.4, -0.2) is 23.0 Å². The van der Waals surface area contributed by atoms with Crippen LogP contribution in [0.25, 0.3) is 6.08 Å². The van der Waals surface area contributed by atoms with Crippen LogP contribution in [0.2, 0.25) is 0 Å². The van der Waals surface area contributed by atoms with E-state index < -0.39 is 5.91 Å². The van der Waals surface area contributed by atoms with E-state index in [4.69, 9.17) is 0 Å².